The van der Waals surface area contributed by atoms with Crippen molar-refractivity contribution in [2.45, 2.75) is 44.7 Å². The summed E-state index contributed by atoms with van der Waals surface area (Å²) in [5.74, 6) is -0.281. The van der Waals surface area contributed by atoms with Crippen LogP contribution in [-0.2, 0) is 6.54 Å². The lowest BCUT2D eigenvalue weighted by Crippen LogP contribution is -2.50. The second kappa shape index (κ2) is 9.58. The molecule has 148 valence electrons. The number of halogens is 1. The molecule has 1 aliphatic heterocycles. The lowest BCUT2D eigenvalue weighted by atomic mass is 9.94. The molecule has 2 aromatic rings. The lowest BCUT2D eigenvalue weighted by Gasteiger charge is -2.40. The first-order chi connectivity index (χ1) is 12.8. The van der Waals surface area contributed by atoms with Gasteiger partial charge in [-0.15, -0.1) is 12.4 Å². The SMILES string of the molecule is Cl.O=c1oc2ccccc2n1C/C=C/CN1CCN(C2CCCCC2)CC1. The number of piperazine rings is 1. The first-order valence-corrected chi connectivity index (χ1v) is 10.0. The molecule has 27 heavy (non-hydrogen) atoms. The standard InChI is InChI=1S/C21H29N3O2.ClH/c25-21-24(19-10-4-5-11-20(19)26-21)13-7-6-12-22-14-16-23(17-15-22)18-8-2-1-3-9-18;/h4-7,10-11,18H,1-3,8-9,12-17H2;1H/b7-6+;. The Kier molecular flexibility index (Phi) is 7.16. The van der Waals surface area contributed by atoms with Crippen molar-refractivity contribution >= 4 is 23.5 Å². The average molecular weight is 392 g/mol. The van der Waals surface area contributed by atoms with E-state index in [2.05, 4.69) is 22.0 Å². The van der Waals surface area contributed by atoms with Gasteiger partial charge in [-0.25, -0.2) is 4.79 Å². The Morgan fingerprint density at radius 1 is 0.963 bits per heavy atom. The number of benzene rings is 1. The first-order valence-electron chi connectivity index (χ1n) is 10.0. The normalized spacial score (nSPS) is 20.3. The number of para-hydroxylation sites is 2. The molecule has 1 saturated heterocycles. The van der Waals surface area contributed by atoms with E-state index in [0.29, 0.717) is 12.1 Å². The molecule has 1 aliphatic carbocycles. The maximum absolute atomic E-state index is 12.0. The van der Waals surface area contributed by atoms with Crippen LogP contribution in [0.1, 0.15) is 32.1 Å². The molecule has 1 aromatic carbocycles. The maximum Gasteiger partial charge on any atom is 0.420 e. The quantitative estimate of drug-likeness (QED) is 0.731. The van der Waals surface area contributed by atoms with Crippen molar-refractivity contribution in [3.05, 3.63) is 47.0 Å². The van der Waals surface area contributed by atoms with Crippen molar-refractivity contribution in [1.82, 2.24) is 14.4 Å². The van der Waals surface area contributed by atoms with E-state index >= 15 is 0 Å². The third-order valence-electron chi connectivity index (χ3n) is 5.89. The number of hydrogen-bond donors (Lipinski definition) is 0. The zero-order valence-electron chi connectivity index (χ0n) is 15.9. The van der Waals surface area contributed by atoms with E-state index in [4.69, 9.17) is 4.42 Å². The van der Waals surface area contributed by atoms with Crippen LogP contribution in [0.15, 0.2) is 45.6 Å². The molecule has 1 aromatic heterocycles. The van der Waals surface area contributed by atoms with Gasteiger partial charge in [-0.3, -0.25) is 14.4 Å². The predicted molar refractivity (Wildman–Crippen MR) is 112 cm³/mol. The summed E-state index contributed by atoms with van der Waals surface area (Å²) in [6.07, 6.45) is 11.3. The summed E-state index contributed by atoms with van der Waals surface area (Å²) in [5, 5.41) is 0. The number of rotatable bonds is 5. The summed E-state index contributed by atoms with van der Waals surface area (Å²) in [5.41, 5.74) is 1.52. The summed E-state index contributed by atoms with van der Waals surface area (Å²) >= 11 is 0. The molecule has 6 heteroatoms. The molecule has 4 rings (SSSR count). The Hall–Kier alpha value is -1.56. The molecule has 0 unspecified atom stereocenters. The summed E-state index contributed by atoms with van der Waals surface area (Å²) in [6, 6.07) is 8.42. The van der Waals surface area contributed by atoms with Gasteiger partial charge in [0, 0.05) is 45.3 Å². The van der Waals surface area contributed by atoms with Gasteiger partial charge in [-0.2, -0.15) is 0 Å². The highest BCUT2D eigenvalue weighted by atomic mass is 35.5. The minimum Gasteiger partial charge on any atom is -0.408 e. The van der Waals surface area contributed by atoms with Crippen LogP contribution >= 0.6 is 12.4 Å². The highest BCUT2D eigenvalue weighted by Crippen LogP contribution is 2.23. The second-order valence-corrected chi connectivity index (χ2v) is 7.55. The van der Waals surface area contributed by atoms with Crippen LogP contribution in [-0.4, -0.2) is 53.1 Å². The van der Waals surface area contributed by atoms with Crippen molar-refractivity contribution in [1.29, 1.82) is 0 Å². The van der Waals surface area contributed by atoms with E-state index in [1.54, 1.807) is 4.57 Å². The molecule has 0 bridgehead atoms. The molecule has 2 fully saturated rings. The van der Waals surface area contributed by atoms with Gasteiger partial charge in [0.15, 0.2) is 5.58 Å². The van der Waals surface area contributed by atoms with Gasteiger partial charge in [0.1, 0.15) is 0 Å². The number of fused-ring (bicyclic) bond motifs is 1. The molecule has 0 spiro atoms. The van der Waals surface area contributed by atoms with Gasteiger partial charge in [-0.1, -0.05) is 43.5 Å². The van der Waals surface area contributed by atoms with E-state index in [1.165, 1.54) is 45.2 Å². The highest BCUT2D eigenvalue weighted by Gasteiger charge is 2.24. The molecule has 0 radical (unpaired) electrons. The van der Waals surface area contributed by atoms with Crippen molar-refractivity contribution in [2.75, 3.05) is 32.7 Å². The Balaban J connectivity index is 0.00000210. The van der Waals surface area contributed by atoms with Crippen molar-refractivity contribution in [3.8, 4) is 0 Å². The fourth-order valence-corrected chi connectivity index (χ4v) is 4.35. The van der Waals surface area contributed by atoms with Gasteiger partial charge in [0.2, 0.25) is 0 Å². The van der Waals surface area contributed by atoms with Gasteiger partial charge in [0.25, 0.3) is 0 Å². The summed E-state index contributed by atoms with van der Waals surface area (Å²) in [6.45, 7) is 6.22. The van der Waals surface area contributed by atoms with Crippen LogP contribution in [0.4, 0.5) is 0 Å². The van der Waals surface area contributed by atoms with Crippen molar-refractivity contribution < 1.29 is 4.42 Å². The molecule has 2 heterocycles. The van der Waals surface area contributed by atoms with E-state index < -0.39 is 0 Å². The fraction of sp³-hybridized carbons (Fsp3) is 0.571. The number of oxazole rings is 1. The van der Waals surface area contributed by atoms with Gasteiger partial charge in [0.05, 0.1) is 5.52 Å². The van der Waals surface area contributed by atoms with E-state index in [1.807, 2.05) is 24.3 Å². The fourth-order valence-electron chi connectivity index (χ4n) is 4.35. The largest absolute Gasteiger partial charge is 0.420 e. The van der Waals surface area contributed by atoms with E-state index in [0.717, 1.165) is 31.2 Å². The molecule has 2 aliphatic rings. The number of allylic oxidation sites excluding steroid dienone is 1. The number of aromatic nitrogens is 1. The third-order valence-corrected chi connectivity index (χ3v) is 5.89. The van der Waals surface area contributed by atoms with Gasteiger partial charge < -0.3 is 4.42 Å². The minimum atomic E-state index is -0.281. The van der Waals surface area contributed by atoms with Gasteiger partial charge in [-0.05, 0) is 25.0 Å². The van der Waals surface area contributed by atoms with Crippen LogP contribution in [0.5, 0.6) is 0 Å². The van der Waals surface area contributed by atoms with Crippen LogP contribution < -0.4 is 5.76 Å². The topological polar surface area (TPSA) is 41.6 Å². The van der Waals surface area contributed by atoms with Crippen LogP contribution in [0.2, 0.25) is 0 Å². The molecule has 0 amide bonds. The average Bonchev–Trinajstić information content (AvgIpc) is 3.01. The molecule has 0 N–H and O–H groups in total. The molecule has 5 nitrogen and oxygen atoms in total. The van der Waals surface area contributed by atoms with Crippen molar-refractivity contribution in [2.24, 2.45) is 0 Å². The Labute approximate surface area is 167 Å². The zero-order valence-corrected chi connectivity index (χ0v) is 16.7. The Morgan fingerprint density at radius 3 is 2.44 bits per heavy atom. The number of hydrogen-bond acceptors (Lipinski definition) is 4. The minimum absolute atomic E-state index is 0. The highest BCUT2D eigenvalue weighted by molar-refractivity contribution is 5.85. The van der Waals surface area contributed by atoms with Crippen LogP contribution in [0, 0.1) is 0 Å². The van der Waals surface area contributed by atoms with Crippen LogP contribution in [0.3, 0.4) is 0 Å². The molecular formula is C21H30ClN3O2. The molecular weight excluding hydrogens is 362 g/mol. The smallest absolute Gasteiger partial charge is 0.408 e. The molecule has 0 atom stereocenters. The summed E-state index contributed by atoms with van der Waals surface area (Å²) in [7, 11) is 0. The van der Waals surface area contributed by atoms with Crippen molar-refractivity contribution in [3.63, 3.8) is 0 Å². The number of nitrogens with zero attached hydrogens (tertiary/aromatic N) is 3. The monoisotopic (exact) mass is 391 g/mol. The Bertz CT molecular complexity index is 799. The summed E-state index contributed by atoms with van der Waals surface area (Å²) < 4.78 is 6.96. The first kappa shape index (κ1) is 20.2. The zero-order chi connectivity index (χ0) is 17.8. The summed E-state index contributed by atoms with van der Waals surface area (Å²) in [4.78, 5) is 17.2. The Morgan fingerprint density at radius 2 is 1.67 bits per heavy atom. The maximum atomic E-state index is 12.0. The van der Waals surface area contributed by atoms with E-state index in [-0.39, 0.29) is 18.2 Å². The van der Waals surface area contributed by atoms with Gasteiger partial charge >= 0.3 is 5.76 Å². The van der Waals surface area contributed by atoms with E-state index in [9.17, 15) is 4.79 Å². The lowest BCUT2D eigenvalue weighted by molar-refractivity contribution is 0.0846. The molecule has 1 saturated carbocycles. The van der Waals surface area contributed by atoms with Crippen LogP contribution in [0.25, 0.3) is 11.1 Å². The predicted octanol–water partition coefficient (Wildman–Crippen LogP) is 3.52. The second-order valence-electron chi connectivity index (χ2n) is 7.55. The third kappa shape index (κ3) is 4.84.